The van der Waals surface area contributed by atoms with Gasteiger partial charge in [-0.2, -0.15) is 0 Å². The summed E-state index contributed by atoms with van der Waals surface area (Å²) in [6, 6.07) is -0.467. The van der Waals surface area contributed by atoms with Crippen LogP contribution in [-0.4, -0.2) is 49.1 Å². The molecule has 0 heterocycles. The minimum Gasteiger partial charge on any atom is -0.461 e. The Balaban J connectivity index is 3.92. The molecule has 0 saturated carbocycles. The molecule has 22 heavy (non-hydrogen) atoms. The summed E-state index contributed by atoms with van der Waals surface area (Å²) in [6.45, 7) is 8.61. The zero-order valence-electron chi connectivity index (χ0n) is 13.1. The normalized spacial score (nSPS) is 12.0. The van der Waals surface area contributed by atoms with Gasteiger partial charge in [-0.3, -0.25) is 4.79 Å². The van der Waals surface area contributed by atoms with Gasteiger partial charge in [0.05, 0.1) is 18.3 Å². The Hall–Kier alpha value is -1.76. The van der Waals surface area contributed by atoms with Crippen LogP contribution < -0.4 is 10.6 Å². The average Bonchev–Trinajstić information content (AvgIpc) is 2.48. The zero-order chi connectivity index (χ0) is 17.2. The lowest BCUT2D eigenvalue weighted by Crippen LogP contribution is -2.42. The van der Waals surface area contributed by atoms with E-state index in [1.54, 1.807) is 20.8 Å². The second kappa shape index (κ2) is 10.0. The molecule has 0 rings (SSSR count). The topological polar surface area (TPSA) is 93.7 Å². The molecule has 0 bridgehead atoms. The van der Waals surface area contributed by atoms with E-state index in [0.717, 1.165) is 6.08 Å². The van der Waals surface area contributed by atoms with Gasteiger partial charge in [-0.05, 0) is 13.8 Å². The zero-order valence-corrected chi connectivity index (χ0v) is 13.9. The van der Waals surface area contributed by atoms with E-state index in [-0.39, 0.29) is 25.6 Å². The van der Waals surface area contributed by atoms with Crippen molar-refractivity contribution in [2.24, 2.45) is 5.92 Å². The summed E-state index contributed by atoms with van der Waals surface area (Å²) in [4.78, 5) is 34.0. The number of rotatable bonds is 9. The first-order valence-corrected chi connectivity index (χ1v) is 7.35. The van der Waals surface area contributed by atoms with Crippen LogP contribution >= 0.6 is 11.6 Å². The van der Waals surface area contributed by atoms with E-state index in [9.17, 15) is 14.4 Å². The van der Waals surface area contributed by atoms with E-state index < -0.39 is 29.5 Å². The molecule has 2 amide bonds. The second-order valence-corrected chi connectivity index (χ2v) is 5.49. The number of esters is 2. The average molecular weight is 335 g/mol. The standard InChI is InChI=1S/C14H23ClN2O5/c1-5-11(18)21-7-6-16-13(20)17-8-10(2)12(19)22-14(3,4)9-15/h5,10H,1,6-9H2,2-4H3,(H2,16,17,20). The highest BCUT2D eigenvalue weighted by Gasteiger charge is 2.25. The van der Waals surface area contributed by atoms with Crippen molar-refractivity contribution < 1.29 is 23.9 Å². The Kier molecular flexibility index (Phi) is 9.24. The quantitative estimate of drug-likeness (QED) is 0.286. The predicted molar refractivity (Wildman–Crippen MR) is 82.6 cm³/mol. The first-order chi connectivity index (χ1) is 10.2. The third kappa shape index (κ3) is 9.23. The number of urea groups is 1. The fraction of sp³-hybridized carbons (Fsp3) is 0.643. The minimum atomic E-state index is -0.746. The maximum atomic E-state index is 11.8. The molecule has 2 N–H and O–H groups in total. The smallest absolute Gasteiger partial charge is 0.330 e. The van der Waals surface area contributed by atoms with Crippen molar-refractivity contribution >= 4 is 29.6 Å². The molecule has 126 valence electrons. The van der Waals surface area contributed by atoms with Crippen molar-refractivity contribution in [1.82, 2.24) is 10.6 Å². The highest BCUT2D eigenvalue weighted by Crippen LogP contribution is 2.13. The molecule has 0 spiro atoms. The summed E-state index contributed by atoms with van der Waals surface area (Å²) < 4.78 is 9.90. The summed E-state index contributed by atoms with van der Waals surface area (Å²) >= 11 is 5.67. The maximum Gasteiger partial charge on any atom is 0.330 e. The summed E-state index contributed by atoms with van der Waals surface area (Å²) in [5.41, 5.74) is -0.746. The Bertz CT molecular complexity index is 412. The summed E-state index contributed by atoms with van der Waals surface area (Å²) in [5, 5.41) is 5.01. The van der Waals surface area contributed by atoms with Crippen LogP contribution in [0.1, 0.15) is 20.8 Å². The molecule has 0 fully saturated rings. The molecule has 0 saturated heterocycles. The van der Waals surface area contributed by atoms with Gasteiger partial charge in [0, 0.05) is 12.6 Å². The number of carbonyl (C=O) groups is 3. The number of hydrogen-bond acceptors (Lipinski definition) is 5. The molecular weight excluding hydrogens is 312 g/mol. The van der Waals surface area contributed by atoms with Gasteiger partial charge in [0.15, 0.2) is 0 Å². The SMILES string of the molecule is C=CC(=O)OCCNC(=O)NCC(C)C(=O)OC(C)(C)CCl. The molecule has 0 aliphatic heterocycles. The van der Waals surface area contributed by atoms with Crippen LogP contribution in [0.25, 0.3) is 0 Å². The molecule has 8 heteroatoms. The molecule has 1 atom stereocenters. The highest BCUT2D eigenvalue weighted by molar-refractivity contribution is 6.18. The minimum absolute atomic E-state index is 0.0414. The molecule has 0 aliphatic rings. The van der Waals surface area contributed by atoms with Crippen molar-refractivity contribution in [2.45, 2.75) is 26.4 Å². The molecule has 7 nitrogen and oxygen atoms in total. The lowest BCUT2D eigenvalue weighted by molar-refractivity contribution is -0.158. The third-order valence-corrected chi connectivity index (χ3v) is 3.11. The number of halogens is 1. The van der Waals surface area contributed by atoms with E-state index >= 15 is 0 Å². The van der Waals surface area contributed by atoms with Gasteiger partial charge in [0.1, 0.15) is 12.2 Å². The van der Waals surface area contributed by atoms with Gasteiger partial charge in [-0.15, -0.1) is 11.6 Å². The van der Waals surface area contributed by atoms with E-state index in [1.807, 2.05) is 0 Å². The van der Waals surface area contributed by atoms with Gasteiger partial charge < -0.3 is 20.1 Å². The van der Waals surface area contributed by atoms with Crippen LogP contribution in [0, 0.1) is 5.92 Å². The molecule has 0 aliphatic carbocycles. The van der Waals surface area contributed by atoms with Gasteiger partial charge in [-0.1, -0.05) is 13.5 Å². The van der Waals surface area contributed by atoms with E-state index in [2.05, 4.69) is 21.9 Å². The first kappa shape index (κ1) is 20.2. The number of carbonyl (C=O) groups excluding carboxylic acids is 3. The van der Waals surface area contributed by atoms with Crippen molar-refractivity contribution in [2.75, 3.05) is 25.6 Å². The van der Waals surface area contributed by atoms with Crippen LogP contribution in [0.4, 0.5) is 4.79 Å². The fourth-order valence-electron chi connectivity index (χ4n) is 1.17. The Labute approximate surface area is 135 Å². The Morgan fingerprint density at radius 2 is 1.95 bits per heavy atom. The van der Waals surface area contributed by atoms with E-state index in [0.29, 0.717) is 0 Å². The highest BCUT2D eigenvalue weighted by atomic mass is 35.5. The number of alkyl halides is 1. The number of ether oxygens (including phenoxy) is 2. The van der Waals surface area contributed by atoms with Crippen molar-refractivity contribution in [3.8, 4) is 0 Å². The van der Waals surface area contributed by atoms with Crippen LogP contribution in [0.2, 0.25) is 0 Å². The lowest BCUT2D eigenvalue weighted by atomic mass is 10.1. The lowest BCUT2D eigenvalue weighted by Gasteiger charge is -2.24. The van der Waals surface area contributed by atoms with Crippen LogP contribution in [0.15, 0.2) is 12.7 Å². The van der Waals surface area contributed by atoms with Gasteiger partial charge >= 0.3 is 18.0 Å². The fourth-order valence-corrected chi connectivity index (χ4v) is 1.22. The van der Waals surface area contributed by atoms with Crippen molar-refractivity contribution in [1.29, 1.82) is 0 Å². The summed E-state index contributed by atoms with van der Waals surface area (Å²) in [7, 11) is 0. The molecule has 1 unspecified atom stereocenters. The van der Waals surface area contributed by atoms with Crippen molar-refractivity contribution in [3.05, 3.63) is 12.7 Å². The Morgan fingerprint density at radius 1 is 1.32 bits per heavy atom. The first-order valence-electron chi connectivity index (χ1n) is 6.81. The molecule has 0 aromatic carbocycles. The number of amides is 2. The van der Waals surface area contributed by atoms with Crippen molar-refractivity contribution in [3.63, 3.8) is 0 Å². The largest absolute Gasteiger partial charge is 0.461 e. The molecule has 0 aromatic rings. The van der Waals surface area contributed by atoms with Crippen LogP contribution in [-0.2, 0) is 19.1 Å². The predicted octanol–water partition coefficient (Wildman–Crippen LogP) is 1.21. The third-order valence-electron chi connectivity index (χ3n) is 2.47. The van der Waals surface area contributed by atoms with E-state index in [4.69, 9.17) is 16.3 Å². The van der Waals surface area contributed by atoms with Crippen LogP contribution in [0.5, 0.6) is 0 Å². The molecule has 0 aromatic heterocycles. The molecular formula is C14H23ClN2O5. The van der Waals surface area contributed by atoms with Gasteiger partial charge in [-0.25, -0.2) is 9.59 Å². The second-order valence-electron chi connectivity index (χ2n) is 5.22. The Morgan fingerprint density at radius 3 is 2.50 bits per heavy atom. The number of nitrogens with one attached hydrogen (secondary N) is 2. The summed E-state index contributed by atoms with van der Waals surface area (Å²) in [6.07, 6.45) is 1.04. The van der Waals surface area contributed by atoms with Crippen LogP contribution in [0.3, 0.4) is 0 Å². The number of hydrogen-bond donors (Lipinski definition) is 2. The maximum absolute atomic E-state index is 11.8. The van der Waals surface area contributed by atoms with Gasteiger partial charge in [0.25, 0.3) is 0 Å². The monoisotopic (exact) mass is 334 g/mol. The van der Waals surface area contributed by atoms with Gasteiger partial charge in [0.2, 0.25) is 0 Å². The summed E-state index contributed by atoms with van der Waals surface area (Å²) in [5.74, 6) is -1.32. The molecule has 0 radical (unpaired) electrons. The van der Waals surface area contributed by atoms with E-state index in [1.165, 1.54) is 0 Å².